The maximum atomic E-state index is 10.6. The fourth-order valence-electron chi connectivity index (χ4n) is 1.45. The molecule has 0 unspecified atom stereocenters. The van der Waals surface area contributed by atoms with E-state index in [1.165, 1.54) is 30.5 Å². The third-order valence-electron chi connectivity index (χ3n) is 2.38. The molecule has 0 saturated heterocycles. The topological polar surface area (TPSA) is 102 Å². The zero-order chi connectivity index (χ0) is 13.8. The Morgan fingerprint density at radius 3 is 2.84 bits per heavy atom. The van der Waals surface area contributed by atoms with E-state index in [1.54, 1.807) is 6.92 Å². The molecule has 7 heteroatoms. The highest BCUT2D eigenvalue weighted by Gasteiger charge is 2.12. The van der Waals surface area contributed by atoms with Crippen LogP contribution in [0.3, 0.4) is 0 Å². The first-order chi connectivity index (χ1) is 9.11. The minimum atomic E-state index is -0.486. The molecular weight excluding hydrogens is 248 g/mol. The van der Waals surface area contributed by atoms with Crippen LogP contribution in [0, 0.1) is 28.4 Å². The number of nitro benzene ring substituents is 1. The van der Waals surface area contributed by atoms with Gasteiger partial charge in [0.25, 0.3) is 11.6 Å². The number of ether oxygens (including phenoxy) is 1. The highest BCUT2D eigenvalue weighted by molar-refractivity contribution is 5.46. The minimum Gasteiger partial charge on any atom is -0.436 e. The van der Waals surface area contributed by atoms with Crippen LogP contribution in [0.2, 0.25) is 0 Å². The second-order valence-corrected chi connectivity index (χ2v) is 3.67. The Morgan fingerprint density at radius 1 is 1.42 bits per heavy atom. The molecule has 0 aliphatic rings. The number of nitriles is 1. The highest BCUT2D eigenvalue weighted by Crippen LogP contribution is 2.28. The van der Waals surface area contributed by atoms with Gasteiger partial charge in [-0.15, -0.1) is 5.10 Å². The molecule has 1 aromatic carbocycles. The lowest BCUT2D eigenvalue weighted by Crippen LogP contribution is -1.96. The fourth-order valence-corrected chi connectivity index (χ4v) is 1.45. The van der Waals surface area contributed by atoms with Gasteiger partial charge < -0.3 is 4.74 Å². The molecule has 7 nitrogen and oxygen atoms in total. The SMILES string of the molecule is Cc1cc([N+](=O)[O-])ccc1Oc1nnccc1C#N. The van der Waals surface area contributed by atoms with Gasteiger partial charge in [-0.3, -0.25) is 10.1 Å². The van der Waals surface area contributed by atoms with Crippen LogP contribution in [-0.4, -0.2) is 15.1 Å². The van der Waals surface area contributed by atoms with Gasteiger partial charge in [0.1, 0.15) is 17.4 Å². The molecule has 0 spiro atoms. The number of nitrogens with zero attached hydrogens (tertiary/aromatic N) is 4. The van der Waals surface area contributed by atoms with E-state index in [2.05, 4.69) is 10.2 Å². The average Bonchev–Trinajstić information content (AvgIpc) is 2.41. The summed E-state index contributed by atoms with van der Waals surface area (Å²) >= 11 is 0. The number of aromatic nitrogens is 2. The smallest absolute Gasteiger partial charge is 0.269 e. The van der Waals surface area contributed by atoms with Crippen LogP contribution in [-0.2, 0) is 0 Å². The van der Waals surface area contributed by atoms with Crippen LogP contribution in [0.5, 0.6) is 11.6 Å². The number of nitro groups is 1. The molecule has 0 aliphatic carbocycles. The number of hydrogen-bond acceptors (Lipinski definition) is 6. The van der Waals surface area contributed by atoms with Crippen LogP contribution >= 0.6 is 0 Å². The van der Waals surface area contributed by atoms with Gasteiger partial charge in [0.05, 0.1) is 11.1 Å². The Labute approximate surface area is 108 Å². The summed E-state index contributed by atoms with van der Waals surface area (Å²) in [6.07, 6.45) is 1.38. The molecule has 2 aromatic rings. The van der Waals surface area contributed by atoms with Crippen molar-refractivity contribution >= 4 is 5.69 Å². The summed E-state index contributed by atoms with van der Waals surface area (Å²) in [6.45, 7) is 1.67. The first-order valence-corrected chi connectivity index (χ1v) is 5.26. The minimum absolute atomic E-state index is 0.0236. The van der Waals surface area contributed by atoms with Crippen molar-refractivity contribution in [3.63, 3.8) is 0 Å². The van der Waals surface area contributed by atoms with Crippen LogP contribution in [0.15, 0.2) is 30.5 Å². The lowest BCUT2D eigenvalue weighted by molar-refractivity contribution is -0.384. The summed E-state index contributed by atoms with van der Waals surface area (Å²) in [5.74, 6) is 0.463. The molecule has 0 bridgehead atoms. The van der Waals surface area contributed by atoms with E-state index in [9.17, 15) is 10.1 Å². The second kappa shape index (κ2) is 5.10. The van der Waals surface area contributed by atoms with Gasteiger partial charge in [-0.05, 0) is 24.6 Å². The third kappa shape index (κ3) is 2.63. The van der Waals surface area contributed by atoms with Gasteiger partial charge in [-0.25, -0.2) is 0 Å². The summed E-state index contributed by atoms with van der Waals surface area (Å²) in [7, 11) is 0. The molecule has 94 valence electrons. The monoisotopic (exact) mass is 256 g/mol. The molecule has 0 aliphatic heterocycles. The lowest BCUT2D eigenvalue weighted by Gasteiger charge is -2.07. The van der Waals surface area contributed by atoms with E-state index in [1.807, 2.05) is 6.07 Å². The quantitative estimate of drug-likeness (QED) is 0.617. The molecule has 0 fully saturated rings. The Morgan fingerprint density at radius 2 is 2.21 bits per heavy atom. The lowest BCUT2D eigenvalue weighted by atomic mass is 10.2. The maximum absolute atomic E-state index is 10.6. The van der Waals surface area contributed by atoms with Gasteiger partial charge in [0.2, 0.25) is 0 Å². The Balaban J connectivity index is 2.34. The Bertz CT molecular complexity index is 679. The number of aryl methyl sites for hydroxylation is 1. The summed E-state index contributed by atoms with van der Waals surface area (Å²) in [4.78, 5) is 10.1. The first-order valence-electron chi connectivity index (χ1n) is 5.26. The number of rotatable bonds is 3. The van der Waals surface area contributed by atoms with Crippen LogP contribution < -0.4 is 4.74 Å². The molecular formula is C12H8N4O3. The van der Waals surface area contributed by atoms with Crippen molar-refractivity contribution in [2.24, 2.45) is 0 Å². The molecule has 19 heavy (non-hydrogen) atoms. The standard InChI is InChI=1S/C12H8N4O3/c1-8-6-10(16(17)18)2-3-11(8)19-12-9(7-13)4-5-14-15-12/h2-6H,1H3. The summed E-state index contributed by atoms with van der Waals surface area (Å²) in [5.41, 5.74) is 0.793. The number of hydrogen-bond donors (Lipinski definition) is 0. The van der Waals surface area contributed by atoms with E-state index in [0.29, 0.717) is 11.3 Å². The Hall–Kier alpha value is -3.01. The van der Waals surface area contributed by atoms with Crippen LogP contribution in [0.4, 0.5) is 5.69 Å². The van der Waals surface area contributed by atoms with E-state index >= 15 is 0 Å². The zero-order valence-electron chi connectivity index (χ0n) is 9.90. The predicted octanol–water partition coefficient (Wildman–Crippen LogP) is 2.36. The summed E-state index contributed by atoms with van der Waals surface area (Å²) in [5, 5.41) is 26.9. The number of non-ortho nitro benzene ring substituents is 1. The Kier molecular flexibility index (Phi) is 3.34. The van der Waals surface area contributed by atoms with E-state index in [-0.39, 0.29) is 17.1 Å². The molecule has 0 saturated carbocycles. The van der Waals surface area contributed by atoms with Crippen LogP contribution in [0.25, 0.3) is 0 Å². The van der Waals surface area contributed by atoms with Crippen molar-refractivity contribution in [1.29, 1.82) is 5.26 Å². The largest absolute Gasteiger partial charge is 0.436 e. The maximum Gasteiger partial charge on any atom is 0.269 e. The normalized spacial score (nSPS) is 9.68. The van der Waals surface area contributed by atoms with Gasteiger partial charge >= 0.3 is 0 Å². The van der Waals surface area contributed by atoms with Gasteiger partial charge in [0, 0.05) is 12.1 Å². The van der Waals surface area contributed by atoms with E-state index in [4.69, 9.17) is 10.00 Å². The molecule has 0 atom stereocenters. The average molecular weight is 256 g/mol. The predicted molar refractivity (Wildman–Crippen MR) is 64.7 cm³/mol. The van der Waals surface area contributed by atoms with Gasteiger partial charge in [-0.2, -0.15) is 10.4 Å². The van der Waals surface area contributed by atoms with Crippen molar-refractivity contribution in [2.45, 2.75) is 6.92 Å². The van der Waals surface area contributed by atoms with Crippen molar-refractivity contribution in [3.05, 3.63) is 51.7 Å². The van der Waals surface area contributed by atoms with E-state index < -0.39 is 4.92 Å². The van der Waals surface area contributed by atoms with Crippen molar-refractivity contribution < 1.29 is 9.66 Å². The first kappa shape index (κ1) is 12.4. The third-order valence-corrected chi connectivity index (χ3v) is 2.38. The molecule has 2 rings (SSSR count). The molecule has 0 N–H and O–H groups in total. The summed E-state index contributed by atoms with van der Waals surface area (Å²) < 4.78 is 5.45. The van der Waals surface area contributed by atoms with Crippen molar-refractivity contribution in [1.82, 2.24) is 10.2 Å². The van der Waals surface area contributed by atoms with E-state index in [0.717, 1.165) is 0 Å². The summed E-state index contributed by atoms with van der Waals surface area (Å²) in [6, 6.07) is 7.58. The fraction of sp³-hybridized carbons (Fsp3) is 0.0833. The molecule has 1 aromatic heterocycles. The van der Waals surface area contributed by atoms with Crippen molar-refractivity contribution in [3.8, 4) is 17.7 Å². The zero-order valence-corrected chi connectivity index (χ0v) is 9.90. The number of benzene rings is 1. The van der Waals surface area contributed by atoms with Crippen molar-refractivity contribution in [2.75, 3.05) is 0 Å². The highest BCUT2D eigenvalue weighted by atomic mass is 16.6. The van der Waals surface area contributed by atoms with Gasteiger partial charge in [0.15, 0.2) is 0 Å². The molecule has 1 heterocycles. The molecule has 0 radical (unpaired) electrons. The molecule has 0 amide bonds. The van der Waals surface area contributed by atoms with Crippen LogP contribution in [0.1, 0.15) is 11.1 Å². The second-order valence-electron chi connectivity index (χ2n) is 3.67. The van der Waals surface area contributed by atoms with Gasteiger partial charge in [-0.1, -0.05) is 0 Å².